The third-order valence-electron chi connectivity index (χ3n) is 4.39. The number of hydrogen-bond acceptors (Lipinski definition) is 5. The predicted molar refractivity (Wildman–Crippen MR) is 104 cm³/mol. The molecule has 1 saturated heterocycles. The Morgan fingerprint density at radius 3 is 2.72 bits per heavy atom. The van der Waals surface area contributed by atoms with Gasteiger partial charge in [-0.25, -0.2) is 13.1 Å². The Morgan fingerprint density at radius 1 is 1.40 bits per heavy atom. The quantitative estimate of drug-likeness (QED) is 0.368. The fraction of sp³-hybridized carbons (Fsp3) is 0.688. The number of guanidine groups is 1. The van der Waals surface area contributed by atoms with E-state index < -0.39 is 10.0 Å². The van der Waals surface area contributed by atoms with Crippen LogP contribution in [0.5, 0.6) is 0 Å². The molecular formula is C16H29N5O2S2. The number of sulfonamides is 1. The van der Waals surface area contributed by atoms with Crippen LogP contribution in [-0.4, -0.2) is 64.6 Å². The highest BCUT2D eigenvalue weighted by atomic mass is 32.2. The summed E-state index contributed by atoms with van der Waals surface area (Å²) in [6, 6.07) is 4.21. The SMILES string of the molecule is CN=C(NCCNS(=O)(=O)c1cccs1)NC1CN(C(C)C)CC1C. The Kier molecular flexibility index (Phi) is 7.24. The van der Waals surface area contributed by atoms with E-state index in [4.69, 9.17) is 0 Å². The minimum Gasteiger partial charge on any atom is -0.355 e. The first-order chi connectivity index (χ1) is 11.8. The van der Waals surface area contributed by atoms with Gasteiger partial charge in [0.25, 0.3) is 0 Å². The lowest BCUT2D eigenvalue weighted by molar-refractivity contribution is 0.265. The number of aliphatic imine (C=N–C) groups is 1. The van der Waals surface area contributed by atoms with Gasteiger partial charge in [-0.3, -0.25) is 9.89 Å². The van der Waals surface area contributed by atoms with E-state index in [9.17, 15) is 8.42 Å². The van der Waals surface area contributed by atoms with Gasteiger partial charge in [-0.1, -0.05) is 13.0 Å². The largest absolute Gasteiger partial charge is 0.355 e. The summed E-state index contributed by atoms with van der Waals surface area (Å²) in [7, 11) is -1.68. The first kappa shape index (κ1) is 20.2. The third kappa shape index (κ3) is 5.67. The zero-order valence-electron chi connectivity index (χ0n) is 15.3. The van der Waals surface area contributed by atoms with Crippen LogP contribution in [0, 0.1) is 5.92 Å². The van der Waals surface area contributed by atoms with Crippen molar-refractivity contribution in [2.75, 3.05) is 33.2 Å². The van der Waals surface area contributed by atoms with Crippen molar-refractivity contribution in [3.8, 4) is 0 Å². The zero-order valence-corrected chi connectivity index (χ0v) is 17.0. The summed E-state index contributed by atoms with van der Waals surface area (Å²) >= 11 is 1.21. The van der Waals surface area contributed by atoms with Crippen molar-refractivity contribution in [2.45, 2.75) is 37.1 Å². The summed E-state index contributed by atoms with van der Waals surface area (Å²) in [5, 5.41) is 8.37. The van der Waals surface area contributed by atoms with Crippen LogP contribution in [0.3, 0.4) is 0 Å². The number of hydrogen-bond donors (Lipinski definition) is 3. The lowest BCUT2D eigenvalue weighted by Crippen LogP contribution is -2.48. The Labute approximate surface area is 155 Å². The van der Waals surface area contributed by atoms with Crippen molar-refractivity contribution < 1.29 is 8.42 Å². The Morgan fingerprint density at radius 2 is 2.16 bits per heavy atom. The number of likely N-dealkylation sites (tertiary alicyclic amines) is 1. The first-order valence-electron chi connectivity index (χ1n) is 8.58. The maximum atomic E-state index is 12.0. The van der Waals surface area contributed by atoms with Crippen molar-refractivity contribution in [2.24, 2.45) is 10.9 Å². The molecule has 9 heteroatoms. The average Bonchev–Trinajstić information content (AvgIpc) is 3.21. The Hall–Kier alpha value is -1.16. The van der Waals surface area contributed by atoms with E-state index in [0.29, 0.717) is 41.3 Å². The summed E-state index contributed by atoms with van der Waals surface area (Å²) < 4.78 is 27.0. The molecule has 0 aliphatic carbocycles. The second kappa shape index (κ2) is 8.98. The Balaban J connectivity index is 1.76. The number of nitrogens with zero attached hydrogens (tertiary/aromatic N) is 2. The van der Waals surface area contributed by atoms with Gasteiger partial charge in [-0.05, 0) is 31.2 Å². The van der Waals surface area contributed by atoms with Crippen LogP contribution in [0.15, 0.2) is 26.7 Å². The molecule has 0 radical (unpaired) electrons. The van der Waals surface area contributed by atoms with Crippen LogP contribution in [0.2, 0.25) is 0 Å². The zero-order chi connectivity index (χ0) is 18.4. The summed E-state index contributed by atoms with van der Waals surface area (Å²) in [5.41, 5.74) is 0. The molecule has 2 rings (SSSR count). The summed E-state index contributed by atoms with van der Waals surface area (Å²) in [6.45, 7) is 9.50. The number of nitrogens with one attached hydrogen (secondary N) is 3. The molecule has 1 fully saturated rings. The second-order valence-electron chi connectivity index (χ2n) is 6.60. The van der Waals surface area contributed by atoms with E-state index in [1.807, 2.05) is 0 Å². The van der Waals surface area contributed by atoms with Crippen LogP contribution in [0.1, 0.15) is 20.8 Å². The maximum Gasteiger partial charge on any atom is 0.250 e. The molecule has 0 bridgehead atoms. The highest BCUT2D eigenvalue weighted by molar-refractivity contribution is 7.91. The molecule has 7 nitrogen and oxygen atoms in total. The van der Waals surface area contributed by atoms with Gasteiger partial charge in [0.1, 0.15) is 4.21 Å². The molecule has 0 amide bonds. The fourth-order valence-corrected chi connectivity index (χ4v) is 4.91. The Bertz CT molecular complexity index is 658. The van der Waals surface area contributed by atoms with Crippen molar-refractivity contribution in [1.29, 1.82) is 0 Å². The second-order valence-corrected chi connectivity index (χ2v) is 9.55. The molecule has 0 aromatic carbocycles. The molecule has 3 N–H and O–H groups in total. The van der Waals surface area contributed by atoms with Crippen LogP contribution in [0.25, 0.3) is 0 Å². The van der Waals surface area contributed by atoms with Crippen LogP contribution < -0.4 is 15.4 Å². The van der Waals surface area contributed by atoms with Crippen LogP contribution in [0.4, 0.5) is 0 Å². The molecule has 25 heavy (non-hydrogen) atoms. The lowest BCUT2D eigenvalue weighted by Gasteiger charge is -2.22. The van der Waals surface area contributed by atoms with Crippen molar-refractivity contribution in [1.82, 2.24) is 20.3 Å². The highest BCUT2D eigenvalue weighted by Crippen LogP contribution is 2.18. The topological polar surface area (TPSA) is 85.8 Å². The van der Waals surface area contributed by atoms with Gasteiger partial charge in [0.2, 0.25) is 10.0 Å². The van der Waals surface area contributed by atoms with Crippen molar-refractivity contribution in [3.05, 3.63) is 17.5 Å². The maximum absolute atomic E-state index is 12.0. The molecular weight excluding hydrogens is 358 g/mol. The molecule has 1 aliphatic heterocycles. The molecule has 1 aromatic heterocycles. The van der Waals surface area contributed by atoms with E-state index in [0.717, 1.165) is 13.1 Å². The minimum atomic E-state index is -3.41. The average molecular weight is 388 g/mol. The van der Waals surface area contributed by atoms with E-state index in [1.54, 1.807) is 24.6 Å². The molecule has 2 heterocycles. The highest BCUT2D eigenvalue weighted by Gasteiger charge is 2.31. The van der Waals surface area contributed by atoms with E-state index in [2.05, 4.69) is 46.0 Å². The standard InChI is InChI=1S/C16H29N5O2S2/c1-12(2)21-10-13(3)14(11-21)20-16(17-4)18-7-8-19-25(22,23)15-6-5-9-24-15/h5-6,9,12-14,19H,7-8,10-11H2,1-4H3,(H2,17,18,20). The molecule has 1 aromatic rings. The van der Waals surface area contributed by atoms with Gasteiger partial charge in [0.05, 0.1) is 0 Å². The van der Waals surface area contributed by atoms with Crippen LogP contribution >= 0.6 is 11.3 Å². The van der Waals surface area contributed by atoms with Crippen molar-refractivity contribution in [3.63, 3.8) is 0 Å². The van der Waals surface area contributed by atoms with Gasteiger partial charge in [0.15, 0.2) is 5.96 Å². The molecule has 0 saturated carbocycles. The van der Waals surface area contributed by atoms with Gasteiger partial charge >= 0.3 is 0 Å². The van der Waals surface area contributed by atoms with Gasteiger partial charge in [-0.15, -0.1) is 11.3 Å². The molecule has 2 unspecified atom stereocenters. The molecule has 2 atom stereocenters. The molecule has 1 aliphatic rings. The molecule has 0 spiro atoms. The minimum absolute atomic E-state index is 0.305. The predicted octanol–water partition coefficient (Wildman–Crippen LogP) is 0.920. The number of thiophene rings is 1. The van der Waals surface area contributed by atoms with E-state index in [1.165, 1.54) is 11.3 Å². The lowest BCUT2D eigenvalue weighted by atomic mass is 10.1. The normalized spacial score (nSPS) is 22.5. The van der Waals surface area contributed by atoms with E-state index in [-0.39, 0.29) is 0 Å². The van der Waals surface area contributed by atoms with Gasteiger partial charge in [-0.2, -0.15) is 0 Å². The van der Waals surface area contributed by atoms with Crippen LogP contribution in [-0.2, 0) is 10.0 Å². The summed E-state index contributed by atoms with van der Waals surface area (Å²) in [6.07, 6.45) is 0. The smallest absolute Gasteiger partial charge is 0.250 e. The summed E-state index contributed by atoms with van der Waals surface area (Å²) in [4.78, 5) is 6.69. The van der Waals surface area contributed by atoms with E-state index >= 15 is 0 Å². The van der Waals surface area contributed by atoms with Crippen molar-refractivity contribution >= 4 is 27.3 Å². The van der Waals surface area contributed by atoms with Gasteiger partial charge in [0, 0.05) is 45.3 Å². The monoisotopic (exact) mass is 387 g/mol. The summed E-state index contributed by atoms with van der Waals surface area (Å²) in [5.74, 6) is 1.25. The molecule has 142 valence electrons. The third-order valence-corrected chi connectivity index (χ3v) is 7.24. The first-order valence-corrected chi connectivity index (χ1v) is 10.9. The van der Waals surface area contributed by atoms with Gasteiger partial charge < -0.3 is 10.6 Å². The number of rotatable bonds is 7. The fourth-order valence-electron chi connectivity index (χ4n) is 2.84.